The molecule has 1 aromatic heterocycles. The first-order valence-electron chi connectivity index (χ1n) is 5.08. The number of rotatable bonds is 2. The molecule has 2 N–H and O–H groups in total. The van der Waals surface area contributed by atoms with Crippen molar-refractivity contribution in [1.29, 1.82) is 0 Å². The van der Waals surface area contributed by atoms with Crippen LogP contribution < -0.4 is 10.6 Å². The Balaban J connectivity index is 2.20. The molecule has 0 bridgehead atoms. The second-order valence-electron chi connectivity index (χ2n) is 3.89. The van der Waals surface area contributed by atoms with Gasteiger partial charge >= 0.3 is 0 Å². The van der Waals surface area contributed by atoms with Crippen LogP contribution in [0, 0.1) is 0 Å². The number of nitrogens with zero attached hydrogens (tertiary/aromatic N) is 2. The van der Waals surface area contributed by atoms with Gasteiger partial charge in [0.1, 0.15) is 0 Å². The molecule has 0 saturated carbocycles. The zero-order valence-electron chi connectivity index (χ0n) is 8.67. The lowest BCUT2D eigenvalue weighted by Crippen LogP contribution is -2.25. The minimum absolute atomic E-state index is 0.384. The number of anilines is 1. The Morgan fingerprint density at radius 3 is 3.14 bits per heavy atom. The highest BCUT2D eigenvalue weighted by Gasteiger charge is 2.11. The van der Waals surface area contributed by atoms with Crippen LogP contribution in [-0.2, 0) is 13.0 Å². The van der Waals surface area contributed by atoms with Crippen molar-refractivity contribution in [3.8, 4) is 0 Å². The Bertz CT molecular complexity index is 322. The van der Waals surface area contributed by atoms with E-state index in [-0.39, 0.29) is 0 Å². The summed E-state index contributed by atoms with van der Waals surface area (Å²) in [6.07, 6.45) is 2.92. The summed E-state index contributed by atoms with van der Waals surface area (Å²) in [7, 11) is 0. The van der Waals surface area contributed by atoms with Crippen molar-refractivity contribution in [2.24, 2.45) is 0 Å². The molecule has 0 saturated heterocycles. The molecule has 1 aliphatic rings. The maximum Gasteiger partial charge on any atom is 0.223 e. The maximum atomic E-state index is 4.49. The molecule has 0 aromatic carbocycles. The van der Waals surface area contributed by atoms with Crippen LogP contribution in [0.25, 0.3) is 0 Å². The van der Waals surface area contributed by atoms with Crippen LogP contribution in [0.5, 0.6) is 0 Å². The minimum atomic E-state index is 0.384. The van der Waals surface area contributed by atoms with E-state index in [4.69, 9.17) is 0 Å². The molecule has 0 fully saturated rings. The van der Waals surface area contributed by atoms with Gasteiger partial charge in [0.2, 0.25) is 5.95 Å². The van der Waals surface area contributed by atoms with Crippen molar-refractivity contribution >= 4 is 5.95 Å². The Morgan fingerprint density at radius 1 is 1.50 bits per heavy atom. The predicted octanol–water partition coefficient (Wildman–Crippen LogP) is 0.943. The monoisotopic (exact) mass is 192 g/mol. The fourth-order valence-corrected chi connectivity index (χ4v) is 1.56. The molecule has 0 radical (unpaired) electrons. The SMILES string of the molecule is CC(C)Nc1ncc2c(n1)CCNC2. The molecule has 0 amide bonds. The third-order valence-electron chi connectivity index (χ3n) is 2.23. The fraction of sp³-hybridized carbons (Fsp3) is 0.600. The molecular formula is C10H16N4. The van der Waals surface area contributed by atoms with E-state index in [0.29, 0.717) is 6.04 Å². The first-order chi connectivity index (χ1) is 6.75. The van der Waals surface area contributed by atoms with Gasteiger partial charge in [-0.25, -0.2) is 9.97 Å². The molecule has 1 aromatic rings. The van der Waals surface area contributed by atoms with Crippen LogP contribution in [0.2, 0.25) is 0 Å². The smallest absolute Gasteiger partial charge is 0.223 e. The van der Waals surface area contributed by atoms with Gasteiger partial charge in [-0.1, -0.05) is 0 Å². The quantitative estimate of drug-likeness (QED) is 0.732. The van der Waals surface area contributed by atoms with Gasteiger partial charge in [-0.2, -0.15) is 0 Å². The van der Waals surface area contributed by atoms with E-state index in [9.17, 15) is 0 Å². The molecule has 2 rings (SSSR count). The molecule has 14 heavy (non-hydrogen) atoms. The number of fused-ring (bicyclic) bond motifs is 1. The van der Waals surface area contributed by atoms with E-state index in [0.717, 1.165) is 25.5 Å². The van der Waals surface area contributed by atoms with Gasteiger partial charge in [-0.3, -0.25) is 0 Å². The van der Waals surface area contributed by atoms with Crippen LogP contribution >= 0.6 is 0 Å². The standard InChI is InChI=1S/C10H16N4/c1-7(2)13-10-12-6-8-5-11-4-3-9(8)14-10/h6-7,11H,3-5H2,1-2H3,(H,12,13,14). The molecule has 0 unspecified atom stereocenters. The highest BCUT2D eigenvalue weighted by molar-refractivity contribution is 5.31. The van der Waals surface area contributed by atoms with Crippen LogP contribution in [0.3, 0.4) is 0 Å². The first kappa shape index (κ1) is 9.40. The van der Waals surface area contributed by atoms with Gasteiger partial charge in [-0.15, -0.1) is 0 Å². The molecule has 4 heteroatoms. The summed E-state index contributed by atoms with van der Waals surface area (Å²) >= 11 is 0. The van der Waals surface area contributed by atoms with Crippen LogP contribution in [-0.4, -0.2) is 22.6 Å². The zero-order valence-corrected chi connectivity index (χ0v) is 8.67. The summed E-state index contributed by atoms with van der Waals surface area (Å²) in [5, 5.41) is 6.51. The molecule has 76 valence electrons. The van der Waals surface area contributed by atoms with Crippen molar-refractivity contribution in [2.45, 2.75) is 32.9 Å². The first-order valence-corrected chi connectivity index (χ1v) is 5.08. The normalized spacial score (nSPS) is 15.4. The summed E-state index contributed by atoms with van der Waals surface area (Å²) in [6.45, 7) is 6.09. The van der Waals surface area contributed by atoms with Crippen molar-refractivity contribution in [3.63, 3.8) is 0 Å². The largest absolute Gasteiger partial charge is 0.352 e. The number of nitrogens with one attached hydrogen (secondary N) is 2. The number of aromatic nitrogens is 2. The molecule has 0 spiro atoms. The summed E-state index contributed by atoms with van der Waals surface area (Å²) in [5.74, 6) is 0.751. The highest BCUT2D eigenvalue weighted by Crippen LogP contribution is 2.12. The Kier molecular flexibility index (Phi) is 2.63. The third-order valence-corrected chi connectivity index (χ3v) is 2.23. The summed E-state index contributed by atoms with van der Waals surface area (Å²) in [5.41, 5.74) is 2.41. The van der Waals surface area contributed by atoms with Gasteiger partial charge in [0.15, 0.2) is 0 Å². The average Bonchev–Trinajstić information content (AvgIpc) is 2.17. The minimum Gasteiger partial charge on any atom is -0.352 e. The topological polar surface area (TPSA) is 49.8 Å². The van der Waals surface area contributed by atoms with Crippen molar-refractivity contribution in [2.75, 3.05) is 11.9 Å². The second-order valence-corrected chi connectivity index (χ2v) is 3.89. The third kappa shape index (κ3) is 2.01. The Morgan fingerprint density at radius 2 is 2.36 bits per heavy atom. The lowest BCUT2D eigenvalue weighted by Gasteiger charge is -2.17. The van der Waals surface area contributed by atoms with Gasteiger partial charge in [0.25, 0.3) is 0 Å². The fourth-order valence-electron chi connectivity index (χ4n) is 1.56. The van der Waals surface area contributed by atoms with Crippen molar-refractivity contribution in [1.82, 2.24) is 15.3 Å². The summed E-state index contributed by atoms with van der Waals surface area (Å²) in [6, 6.07) is 0.384. The average molecular weight is 192 g/mol. The lowest BCUT2D eigenvalue weighted by atomic mass is 10.1. The Hall–Kier alpha value is -1.16. The second kappa shape index (κ2) is 3.92. The zero-order chi connectivity index (χ0) is 9.97. The van der Waals surface area contributed by atoms with E-state index < -0.39 is 0 Å². The molecule has 4 nitrogen and oxygen atoms in total. The summed E-state index contributed by atoms with van der Waals surface area (Å²) in [4.78, 5) is 8.76. The molecule has 0 atom stereocenters. The van der Waals surface area contributed by atoms with E-state index >= 15 is 0 Å². The van der Waals surface area contributed by atoms with E-state index in [2.05, 4.69) is 34.4 Å². The molecule has 2 heterocycles. The van der Waals surface area contributed by atoms with E-state index in [1.54, 1.807) is 0 Å². The van der Waals surface area contributed by atoms with Gasteiger partial charge in [-0.05, 0) is 13.8 Å². The van der Waals surface area contributed by atoms with Gasteiger partial charge in [0, 0.05) is 37.3 Å². The molecule has 0 aliphatic carbocycles. The predicted molar refractivity (Wildman–Crippen MR) is 56.2 cm³/mol. The molecular weight excluding hydrogens is 176 g/mol. The van der Waals surface area contributed by atoms with Gasteiger partial charge in [0.05, 0.1) is 5.69 Å². The van der Waals surface area contributed by atoms with Gasteiger partial charge < -0.3 is 10.6 Å². The van der Waals surface area contributed by atoms with E-state index in [1.165, 1.54) is 11.3 Å². The number of hydrogen-bond acceptors (Lipinski definition) is 4. The van der Waals surface area contributed by atoms with Crippen LogP contribution in [0.4, 0.5) is 5.95 Å². The lowest BCUT2D eigenvalue weighted by molar-refractivity contribution is 0.625. The van der Waals surface area contributed by atoms with E-state index in [1.807, 2.05) is 6.20 Å². The van der Waals surface area contributed by atoms with Crippen LogP contribution in [0.15, 0.2) is 6.20 Å². The molecule has 1 aliphatic heterocycles. The highest BCUT2D eigenvalue weighted by atomic mass is 15.1. The summed E-state index contributed by atoms with van der Waals surface area (Å²) < 4.78 is 0. The maximum absolute atomic E-state index is 4.49. The van der Waals surface area contributed by atoms with Crippen molar-refractivity contribution in [3.05, 3.63) is 17.5 Å². The van der Waals surface area contributed by atoms with Crippen LogP contribution in [0.1, 0.15) is 25.1 Å². The Labute approximate surface area is 84.2 Å². The number of hydrogen-bond donors (Lipinski definition) is 2. The van der Waals surface area contributed by atoms with Crippen molar-refractivity contribution < 1.29 is 0 Å².